The molecule has 0 spiro atoms. The molecule has 2 saturated carbocycles. The van der Waals surface area contributed by atoms with Gasteiger partial charge in [0, 0.05) is 61.8 Å². The number of nitrogens with zero attached hydrogens (tertiary/aromatic N) is 6. The first-order valence-electron chi connectivity index (χ1n) is 18.2. The zero-order valence-corrected chi connectivity index (χ0v) is 29.0. The van der Waals surface area contributed by atoms with Crippen molar-refractivity contribution in [3.63, 3.8) is 0 Å². The van der Waals surface area contributed by atoms with Gasteiger partial charge >= 0.3 is 6.09 Å². The molecule has 5 aromatic rings. The van der Waals surface area contributed by atoms with Gasteiger partial charge in [-0.15, -0.1) is 0 Å². The second kappa shape index (κ2) is 12.2. The Morgan fingerprint density at radius 2 is 1.78 bits per heavy atom. The monoisotopic (exact) mass is 672 g/mol. The van der Waals surface area contributed by atoms with Crippen LogP contribution in [-0.4, -0.2) is 73.7 Å². The van der Waals surface area contributed by atoms with Gasteiger partial charge in [-0.1, -0.05) is 37.3 Å². The van der Waals surface area contributed by atoms with Crippen molar-refractivity contribution < 1.29 is 19.1 Å². The van der Waals surface area contributed by atoms with Crippen LogP contribution in [0.5, 0.6) is 5.75 Å². The zero-order valence-electron chi connectivity index (χ0n) is 29.0. The first-order chi connectivity index (χ1) is 24.4. The molecule has 2 bridgehead atoms. The van der Waals surface area contributed by atoms with Crippen molar-refractivity contribution >= 4 is 34.1 Å². The third kappa shape index (κ3) is 5.31. The Balaban J connectivity index is 1.02. The average molecular weight is 673 g/mol. The predicted molar refractivity (Wildman–Crippen MR) is 191 cm³/mol. The van der Waals surface area contributed by atoms with Gasteiger partial charge in [0.25, 0.3) is 5.91 Å². The number of aryl methyl sites for hydroxylation is 1. The number of imidazole rings is 1. The molecule has 3 aromatic heterocycles. The highest BCUT2D eigenvalue weighted by molar-refractivity contribution is 6.00. The van der Waals surface area contributed by atoms with Gasteiger partial charge in [0.2, 0.25) is 0 Å². The number of carbonyl (C=O) groups excluding carboxylic acids is 2. The quantitative estimate of drug-likeness (QED) is 0.176. The fourth-order valence-corrected chi connectivity index (χ4v) is 8.80. The average Bonchev–Trinajstić information content (AvgIpc) is 3.45. The molecule has 5 heterocycles. The summed E-state index contributed by atoms with van der Waals surface area (Å²) in [5, 5.41) is 1.06. The number of piperidine rings is 1. The minimum atomic E-state index is -0.277. The van der Waals surface area contributed by atoms with Gasteiger partial charge in [-0.3, -0.25) is 4.79 Å². The lowest BCUT2D eigenvalue weighted by Gasteiger charge is -2.27. The smallest absolute Gasteiger partial charge is 0.410 e. The first-order valence-corrected chi connectivity index (χ1v) is 18.2. The molecule has 258 valence electrons. The van der Waals surface area contributed by atoms with Crippen molar-refractivity contribution in [2.24, 2.45) is 24.8 Å². The molecule has 2 aliphatic carbocycles. The van der Waals surface area contributed by atoms with Gasteiger partial charge in [-0.2, -0.15) is 0 Å². The third-order valence-corrected chi connectivity index (χ3v) is 11.9. The number of ether oxygens (including phenoxy) is 2. The van der Waals surface area contributed by atoms with E-state index in [0.717, 1.165) is 70.8 Å². The SMILES string of the molecule is COc1cc(C(=O)N2CC3CCC2[C@@H]3C)cc2nc(-c3cc4ccc(C5CCN(C(=O)OCc6ccccc6)C5)nc4n3CC3CC3)n(C)c12. The van der Waals surface area contributed by atoms with E-state index < -0.39 is 0 Å². The van der Waals surface area contributed by atoms with E-state index in [1.165, 1.54) is 19.3 Å². The van der Waals surface area contributed by atoms with Crippen molar-refractivity contribution in [1.82, 2.24) is 28.9 Å². The van der Waals surface area contributed by atoms with Gasteiger partial charge in [0.05, 0.1) is 18.3 Å². The van der Waals surface area contributed by atoms with Crippen molar-refractivity contribution in [2.75, 3.05) is 26.7 Å². The van der Waals surface area contributed by atoms with Gasteiger partial charge in [-0.05, 0) is 85.8 Å². The largest absolute Gasteiger partial charge is 0.494 e. The van der Waals surface area contributed by atoms with E-state index >= 15 is 0 Å². The number of pyridine rings is 1. The number of carbonyl (C=O) groups is 2. The van der Waals surface area contributed by atoms with E-state index in [2.05, 4.69) is 39.2 Å². The number of fused-ring (bicyclic) bond motifs is 4. The van der Waals surface area contributed by atoms with Gasteiger partial charge in [-0.25, -0.2) is 14.8 Å². The van der Waals surface area contributed by atoms with Crippen LogP contribution in [0, 0.1) is 17.8 Å². The number of rotatable bonds is 8. The van der Waals surface area contributed by atoms with E-state index in [4.69, 9.17) is 19.4 Å². The second-order valence-electron chi connectivity index (χ2n) is 15.0. The number of likely N-dealkylation sites (tertiary alicyclic amines) is 2. The number of aromatic nitrogens is 4. The molecule has 0 N–H and O–H groups in total. The van der Waals surface area contributed by atoms with Crippen LogP contribution >= 0.6 is 0 Å². The summed E-state index contributed by atoms with van der Waals surface area (Å²) in [7, 11) is 3.69. The molecular formula is C40H44N6O4. The molecule has 2 aliphatic heterocycles. The number of hydrogen-bond acceptors (Lipinski definition) is 6. The summed E-state index contributed by atoms with van der Waals surface area (Å²) in [5.74, 6) is 3.47. The maximum Gasteiger partial charge on any atom is 0.410 e. The number of amides is 2. The topological polar surface area (TPSA) is 94.7 Å². The zero-order chi connectivity index (χ0) is 34.1. The van der Waals surface area contributed by atoms with Crippen molar-refractivity contribution in [3.05, 3.63) is 77.5 Å². The van der Waals surface area contributed by atoms with E-state index in [0.29, 0.717) is 48.2 Å². The summed E-state index contributed by atoms with van der Waals surface area (Å²) < 4.78 is 16.0. The fourth-order valence-electron chi connectivity index (χ4n) is 8.80. The summed E-state index contributed by atoms with van der Waals surface area (Å²) in [6.45, 7) is 5.51. The van der Waals surface area contributed by atoms with Crippen LogP contribution < -0.4 is 4.74 Å². The highest BCUT2D eigenvalue weighted by Gasteiger charge is 2.46. The van der Waals surface area contributed by atoms with Gasteiger partial charge in [0.1, 0.15) is 23.5 Å². The Labute approximate surface area is 292 Å². The van der Waals surface area contributed by atoms with E-state index in [-0.39, 0.29) is 24.5 Å². The third-order valence-electron chi connectivity index (χ3n) is 11.9. The lowest BCUT2D eigenvalue weighted by Crippen LogP contribution is -2.38. The van der Waals surface area contributed by atoms with E-state index in [1.54, 1.807) is 12.0 Å². The lowest BCUT2D eigenvalue weighted by molar-refractivity contribution is 0.0695. The molecule has 10 nitrogen and oxygen atoms in total. The number of hydrogen-bond donors (Lipinski definition) is 0. The van der Waals surface area contributed by atoms with Crippen LogP contribution in [0.15, 0.2) is 60.7 Å². The molecule has 3 unspecified atom stereocenters. The lowest BCUT2D eigenvalue weighted by atomic mass is 10.0. The normalized spacial score (nSPS) is 23.0. The Morgan fingerprint density at radius 3 is 2.52 bits per heavy atom. The Bertz CT molecular complexity index is 2120. The molecule has 10 heteroatoms. The molecule has 4 atom stereocenters. The second-order valence-corrected chi connectivity index (χ2v) is 15.0. The highest BCUT2D eigenvalue weighted by atomic mass is 16.6. The summed E-state index contributed by atoms with van der Waals surface area (Å²) in [4.78, 5) is 41.1. The standard InChI is InChI=1S/C40H44N6O4/c1-24-28-12-14-33(24)46(22-28)39(47)30-17-32-36(35(19-30)49-3)43(2)38(42-32)34-18-27-11-13-31(41-37(27)45(34)20-25-9-10-25)29-15-16-44(21-29)40(48)50-23-26-7-5-4-6-8-26/h4-8,11,13,17-19,24-25,28-29,33H,9-10,12,14-16,20-23H2,1-3H3/t24-,28?,29?,33?/m1/s1. The summed E-state index contributed by atoms with van der Waals surface area (Å²) in [6.07, 6.45) is 5.29. The minimum absolute atomic E-state index is 0.0750. The van der Waals surface area contributed by atoms with Crippen LogP contribution in [0.25, 0.3) is 33.6 Å². The van der Waals surface area contributed by atoms with Crippen molar-refractivity contribution in [1.29, 1.82) is 0 Å². The number of benzene rings is 2. The van der Waals surface area contributed by atoms with E-state index in [9.17, 15) is 9.59 Å². The molecule has 2 amide bonds. The molecule has 9 rings (SSSR count). The van der Waals surface area contributed by atoms with Gasteiger partial charge < -0.3 is 28.4 Å². The van der Waals surface area contributed by atoms with Crippen LogP contribution in [0.1, 0.15) is 66.6 Å². The maximum atomic E-state index is 13.8. The van der Waals surface area contributed by atoms with E-state index in [1.807, 2.05) is 49.5 Å². The minimum Gasteiger partial charge on any atom is -0.494 e. The Hall–Kier alpha value is -4.86. The van der Waals surface area contributed by atoms with Gasteiger partial charge in [0.15, 0.2) is 5.82 Å². The molecule has 2 saturated heterocycles. The molecular weight excluding hydrogens is 628 g/mol. The van der Waals surface area contributed by atoms with Crippen LogP contribution in [0.2, 0.25) is 0 Å². The predicted octanol–water partition coefficient (Wildman–Crippen LogP) is 7.01. The van der Waals surface area contributed by atoms with Crippen LogP contribution in [0.4, 0.5) is 4.79 Å². The van der Waals surface area contributed by atoms with Crippen molar-refractivity contribution in [3.8, 4) is 17.3 Å². The Morgan fingerprint density at radius 1 is 0.940 bits per heavy atom. The Kier molecular flexibility index (Phi) is 7.58. The molecule has 4 fully saturated rings. The molecule has 4 aliphatic rings. The summed E-state index contributed by atoms with van der Waals surface area (Å²) in [5.41, 5.74) is 6.20. The first kappa shape index (κ1) is 31.1. The summed E-state index contributed by atoms with van der Waals surface area (Å²) >= 11 is 0. The fraction of sp³-hybridized carbons (Fsp3) is 0.450. The molecule has 2 aromatic carbocycles. The summed E-state index contributed by atoms with van der Waals surface area (Å²) in [6, 6.07) is 20.4. The molecule has 50 heavy (non-hydrogen) atoms. The van der Waals surface area contributed by atoms with Crippen LogP contribution in [-0.2, 0) is 24.9 Å². The highest BCUT2D eigenvalue weighted by Crippen LogP contribution is 2.44. The molecule has 0 radical (unpaired) electrons. The maximum absolute atomic E-state index is 13.8. The number of methoxy groups -OCH3 is 1. The van der Waals surface area contributed by atoms with Crippen LogP contribution in [0.3, 0.4) is 0 Å². The van der Waals surface area contributed by atoms with Crippen molar-refractivity contribution in [2.45, 2.75) is 64.1 Å².